The molecule has 0 amide bonds. The van der Waals surface area contributed by atoms with Gasteiger partial charge in [-0.15, -0.1) is 0 Å². The third kappa shape index (κ3) is 1.79. The molecule has 0 aromatic heterocycles. The van der Waals surface area contributed by atoms with Crippen LogP contribution in [0, 0.1) is 5.82 Å². The Morgan fingerprint density at radius 3 is 2.93 bits per heavy atom. The highest BCUT2D eigenvalue weighted by Gasteiger charge is 2.15. The number of halogens is 1. The van der Waals surface area contributed by atoms with Gasteiger partial charge in [0.1, 0.15) is 11.6 Å². The summed E-state index contributed by atoms with van der Waals surface area (Å²) in [4.78, 5) is 0. The van der Waals surface area contributed by atoms with Gasteiger partial charge in [0.25, 0.3) is 0 Å². The molecule has 1 nitrogen and oxygen atoms in total. The third-order valence-corrected chi connectivity index (χ3v) is 2.64. The van der Waals surface area contributed by atoms with E-state index in [0.29, 0.717) is 5.56 Å². The Morgan fingerprint density at radius 1 is 1.36 bits per heavy atom. The summed E-state index contributed by atoms with van der Waals surface area (Å²) < 4.78 is 13.0. The van der Waals surface area contributed by atoms with Crippen molar-refractivity contribution in [2.45, 2.75) is 25.2 Å². The van der Waals surface area contributed by atoms with E-state index in [0.717, 1.165) is 19.3 Å². The lowest BCUT2D eigenvalue weighted by Crippen LogP contribution is -2.00. The first-order chi connectivity index (χ1) is 6.77. The lowest BCUT2D eigenvalue weighted by Gasteiger charge is -2.17. The fourth-order valence-electron chi connectivity index (χ4n) is 1.89. The average Bonchev–Trinajstić information content (AvgIpc) is 2.23. The lowest BCUT2D eigenvalue weighted by molar-refractivity contribution is 0.458. The van der Waals surface area contributed by atoms with Crippen molar-refractivity contribution in [1.29, 1.82) is 0 Å². The molecule has 74 valence electrons. The highest BCUT2D eigenvalue weighted by molar-refractivity contribution is 5.38. The van der Waals surface area contributed by atoms with Crippen LogP contribution < -0.4 is 0 Å². The van der Waals surface area contributed by atoms with Gasteiger partial charge in [-0.25, -0.2) is 4.39 Å². The van der Waals surface area contributed by atoms with Gasteiger partial charge in [-0.1, -0.05) is 12.2 Å². The van der Waals surface area contributed by atoms with Crippen LogP contribution in [0.3, 0.4) is 0 Å². The molecule has 14 heavy (non-hydrogen) atoms. The maximum absolute atomic E-state index is 13.0. The second-order valence-corrected chi connectivity index (χ2v) is 3.67. The van der Waals surface area contributed by atoms with E-state index in [-0.39, 0.29) is 17.5 Å². The van der Waals surface area contributed by atoms with Crippen LogP contribution in [-0.4, -0.2) is 5.11 Å². The van der Waals surface area contributed by atoms with E-state index in [1.54, 1.807) is 0 Å². The van der Waals surface area contributed by atoms with E-state index >= 15 is 0 Å². The quantitative estimate of drug-likeness (QED) is 0.676. The molecule has 0 bridgehead atoms. The smallest absolute Gasteiger partial charge is 0.123 e. The summed E-state index contributed by atoms with van der Waals surface area (Å²) in [7, 11) is 0. The number of phenolic OH excluding ortho intramolecular Hbond substituents is 1. The van der Waals surface area contributed by atoms with Crippen LogP contribution in [0.15, 0.2) is 30.4 Å². The summed E-state index contributed by atoms with van der Waals surface area (Å²) >= 11 is 0. The van der Waals surface area contributed by atoms with Crippen molar-refractivity contribution < 1.29 is 9.50 Å². The molecule has 1 aliphatic carbocycles. The number of rotatable bonds is 1. The Hall–Kier alpha value is -1.31. The molecule has 0 fully saturated rings. The van der Waals surface area contributed by atoms with Crippen LogP contribution in [-0.2, 0) is 0 Å². The average molecular weight is 192 g/mol. The molecule has 1 aliphatic rings. The molecular weight excluding hydrogens is 179 g/mol. The van der Waals surface area contributed by atoms with Gasteiger partial charge in [0.15, 0.2) is 0 Å². The van der Waals surface area contributed by atoms with Crippen molar-refractivity contribution >= 4 is 0 Å². The predicted octanol–water partition coefficient (Wildman–Crippen LogP) is 3.36. The van der Waals surface area contributed by atoms with Gasteiger partial charge in [0.2, 0.25) is 0 Å². The van der Waals surface area contributed by atoms with Crippen molar-refractivity contribution in [3.63, 3.8) is 0 Å². The lowest BCUT2D eigenvalue weighted by atomic mass is 9.89. The van der Waals surface area contributed by atoms with Gasteiger partial charge in [-0.3, -0.25) is 0 Å². The molecule has 1 unspecified atom stereocenters. The zero-order valence-electron chi connectivity index (χ0n) is 7.91. The van der Waals surface area contributed by atoms with Crippen LogP contribution in [0.5, 0.6) is 5.75 Å². The first-order valence-electron chi connectivity index (χ1n) is 4.92. The molecule has 2 rings (SSSR count). The first-order valence-corrected chi connectivity index (χ1v) is 4.92. The van der Waals surface area contributed by atoms with Gasteiger partial charge < -0.3 is 5.11 Å². The molecule has 1 aromatic rings. The minimum atomic E-state index is -0.281. The van der Waals surface area contributed by atoms with Crippen molar-refractivity contribution in [1.82, 2.24) is 0 Å². The SMILES string of the molecule is Oc1ccc(F)cc1C1C=CCCC1. The molecule has 0 radical (unpaired) electrons. The van der Waals surface area contributed by atoms with E-state index in [2.05, 4.69) is 12.2 Å². The summed E-state index contributed by atoms with van der Waals surface area (Å²) in [5.41, 5.74) is 0.709. The zero-order valence-corrected chi connectivity index (χ0v) is 7.91. The molecule has 1 N–H and O–H groups in total. The van der Waals surface area contributed by atoms with Crippen molar-refractivity contribution in [2.24, 2.45) is 0 Å². The largest absolute Gasteiger partial charge is 0.508 e. The van der Waals surface area contributed by atoms with E-state index in [1.165, 1.54) is 18.2 Å². The second-order valence-electron chi connectivity index (χ2n) is 3.67. The summed E-state index contributed by atoms with van der Waals surface area (Å²) in [5.74, 6) is 0.0965. The Kier molecular flexibility index (Phi) is 2.53. The molecule has 0 saturated heterocycles. The molecule has 0 heterocycles. The number of hydrogen-bond donors (Lipinski definition) is 1. The molecular formula is C12H13FO. The Balaban J connectivity index is 2.34. The maximum atomic E-state index is 13.0. The normalized spacial score (nSPS) is 21.1. The first kappa shape index (κ1) is 9.25. The van der Waals surface area contributed by atoms with Gasteiger partial charge in [0, 0.05) is 11.5 Å². The summed E-state index contributed by atoms with van der Waals surface area (Å²) in [6.45, 7) is 0. The van der Waals surface area contributed by atoms with Gasteiger partial charge in [-0.05, 0) is 37.5 Å². The zero-order chi connectivity index (χ0) is 9.97. The van der Waals surface area contributed by atoms with E-state index < -0.39 is 0 Å². The Morgan fingerprint density at radius 2 is 2.21 bits per heavy atom. The fourth-order valence-corrected chi connectivity index (χ4v) is 1.89. The Labute approximate surface area is 82.9 Å². The molecule has 2 heteroatoms. The van der Waals surface area contributed by atoms with Crippen LogP contribution in [0.25, 0.3) is 0 Å². The minimum absolute atomic E-state index is 0.180. The molecule has 0 aliphatic heterocycles. The number of allylic oxidation sites excluding steroid dienone is 2. The van der Waals surface area contributed by atoms with E-state index in [1.807, 2.05) is 0 Å². The Bertz CT molecular complexity index is 357. The third-order valence-electron chi connectivity index (χ3n) is 2.64. The minimum Gasteiger partial charge on any atom is -0.508 e. The summed E-state index contributed by atoms with van der Waals surface area (Å²) in [5, 5.41) is 9.59. The monoisotopic (exact) mass is 192 g/mol. The van der Waals surface area contributed by atoms with Gasteiger partial charge in [-0.2, -0.15) is 0 Å². The van der Waals surface area contributed by atoms with E-state index in [9.17, 15) is 9.50 Å². The van der Waals surface area contributed by atoms with Crippen LogP contribution >= 0.6 is 0 Å². The highest BCUT2D eigenvalue weighted by atomic mass is 19.1. The topological polar surface area (TPSA) is 20.2 Å². The predicted molar refractivity (Wildman–Crippen MR) is 53.8 cm³/mol. The van der Waals surface area contributed by atoms with Crippen molar-refractivity contribution in [3.05, 3.63) is 41.7 Å². The molecule has 1 aromatic carbocycles. The van der Waals surface area contributed by atoms with Gasteiger partial charge in [0.05, 0.1) is 0 Å². The van der Waals surface area contributed by atoms with E-state index in [4.69, 9.17) is 0 Å². The molecule has 1 atom stereocenters. The standard InChI is InChI=1S/C12H13FO/c13-10-6-7-12(14)11(8-10)9-4-2-1-3-5-9/h2,4,6-9,14H,1,3,5H2. The highest BCUT2D eigenvalue weighted by Crippen LogP contribution is 2.33. The number of hydrogen-bond acceptors (Lipinski definition) is 1. The second kappa shape index (κ2) is 3.82. The van der Waals surface area contributed by atoms with Crippen LogP contribution in [0.4, 0.5) is 4.39 Å². The van der Waals surface area contributed by atoms with Gasteiger partial charge >= 0.3 is 0 Å². The number of phenols is 1. The van der Waals surface area contributed by atoms with Crippen LogP contribution in [0.2, 0.25) is 0 Å². The summed E-state index contributed by atoms with van der Waals surface area (Å²) in [6, 6.07) is 4.13. The van der Waals surface area contributed by atoms with Crippen molar-refractivity contribution in [3.8, 4) is 5.75 Å². The molecule has 0 spiro atoms. The number of benzene rings is 1. The number of aromatic hydroxyl groups is 1. The fraction of sp³-hybridized carbons (Fsp3) is 0.333. The van der Waals surface area contributed by atoms with Crippen molar-refractivity contribution in [2.75, 3.05) is 0 Å². The maximum Gasteiger partial charge on any atom is 0.123 e. The summed E-state index contributed by atoms with van der Waals surface area (Å²) in [6.07, 6.45) is 7.34. The van der Waals surface area contributed by atoms with Crippen LogP contribution in [0.1, 0.15) is 30.7 Å². The molecule has 0 saturated carbocycles.